The van der Waals surface area contributed by atoms with Crippen LogP contribution in [0.15, 0.2) is 42.0 Å². The molecular weight excluding hydrogens is 424 g/mol. The van der Waals surface area contributed by atoms with Gasteiger partial charge in [-0.1, -0.05) is 36.9 Å². The number of benzene rings is 2. The fourth-order valence-corrected chi connectivity index (χ4v) is 4.86. The molecule has 0 aromatic heterocycles. The molecule has 0 amide bonds. The highest BCUT2D eigenvalue weighted by atomic mass is 32.2. The molecule has 1 fully saturated rings. The lowest BCUT2D eigenvalue weighted by Gasteiger charge is -2.37. The van der Waals surface area contributed by atoms with E-state index in [1.54, 1.807) is 0 Å². The van der Waals surface area contributed by atoms with Crippen molar-refractivity contribution in [1.29, 1.82) is 5.26 Å². The Morgan fingerprint density at radius 3 is 2.69 bits per heavy atom. The number of piperidine rings is 1. The first-order chi connectivity index (χ1) is 15.5. The van der Waals surface area contributed by atoms with E-state index in [-0.39, 0.29) is 11.3 Å². The molecule has 1 heterocycles. The quantitative estimate of drug-likeness (QED) is 0.414. The highest BCUT2D eigenvalue weighted by Gasteiger charge is 2.21. The van der Waals surface area contributed by atoms with Gasteiger partial charge in [0, 0.05) is 24.0 Å². The third-order valence-corrected chi connectivity index (χ3v) is 6.94. The number of fused-ring (bicyclic) bond motifs is 1. The average molecular weight is 455 g/mol. The summed E-state index contributed by atoms with van der Waals surface area (Å²) in [6.45, 7) is 2.73. The Balaban J connectivity index is 1.76. The maximum Gasteiger partial charge on any atom is 0.230 e. The highest BCUT2D eigenvalue weighted by molar-refractivity contribution is 8.14. The molecule has 1 aliphatic rings. The van der Waals surface area contributed by atoms with Crippen LogP contribution in [0, 0.1) is 11.3 Å². The van der Waals surface area contributed by atoms with Crippen LogP contribution in [0.2, 0.25) is 0 Å². The largest absolute Gasteiger partial charge is 0.394 e. The van der Waals surface area contributed by atoms with Gasteiger partial charge in [0.05, 0.1) is 12.7 Å². The molecule has 3 atom stereocenters. The molecule has 7 heteroatoms. The second-order valence-electron chi connectivity index (χ2n) is 8.13. The fraction of sp³-hybridized carbons (Fsp3) is 0.440. The van der Waals surface area contributed by atoms with Gasteiger partial charge in [-0.15, -0.1) is 0 Å². The molecule has 0 bridgehead atoms. The second kappa shape index (κ2) is 11.5. The lowest BCUT2D eigenvalue weighted by atomic mass is 9.98. The Bertz CT molecular complexity index is 1020. The summed E-state index contributed by atoms with van der Waals surface area (Å²) in [6, 6.07) is 14.8. The molecule has 2 aromatic rings. The van der Waals surface area contributed by atoms with Crippen LogP contribution in [0.3, 0.4) is 0 Å². The van der Waals surface area contributed by atoms with Gasteiger partial charge in [-0.3, -0.25) is 4.79 Å². The van der Waals surface area contributed by atoms with E-state index in [2.05, 4.69) is 30.0 Å². The van der Waals surface area contributed by atoms with Gasteiger partial charge in [0.25, 0.3) is 0 Å². The van der Waals surface area contributed by atoms with Crippen molar-refractivity contribution in [2.24, 2.45) is 0 Å². The van der Waals surface area contributed by atoms with Crippen LogP contribution >= 0.6 is 11.8 Å². The molecule has 170 valence electrons. The van der Waals surface area contributed by atoms with Crippen molar-refractivity contribution in [2.75, 3.05) is 23.8 Å². The summed E-state index contributed by atoms with van der Waals surface area (Å²) in [7, 11) is 0. The van der Waals surface area contributed by atoms with Gasteiger partial charge < -0.3 is 20.2 Å². The van der Waals surface area contributed by atoms with E-state index >= 15 is 0 Å². The zero-order valence-corrected chi connectivity index (χ0v) is 19.1. The number of carbonyl (C=O) groups excluding carboxylic acids is 1. The molecule has 6 nitrogen and oxygen atoms in total. The summed E-state index contributed by atoms with van der Waals surface area (Å²) >= 11 is 0.747. The molecule has 2 aromatic carbocycles. The minimum Gasteiger partial charge on any atom is -0.394 e. The molecule has 0 spiro atoms. The number of nitriles is 1. The van der Waals surface area contributed by atoms with Crippen molar-refractivity contribution in [3.05, 3.63) is 47.5 Å². The Kier molecular flexibility index (Phi) is 8.71. The molecule has 3 unspecified atom stereocenters. The molecule has 1 saturated heterocycles. The number of nitrogens with zero attached hydrogens (tertiary/aromatic N) is 2. The van der Waals surface area contributed by atoms with Gasteiger partial charge >= 0.3 is 0 Å². The first-order valence-electron chi connectivity index (χ1n) is 11.0. The molecule has 32 heavy (non-hydrogen) atoms. The van der Waals surface area contributed by atoms with Gasteiger partial charge in [0.1, 0.15) is 17.7 Å². The summed E-state index contributed by atoms with van der Waals surface area (Å²) < 4.78 is 0. The van der Waals surface area contributed by atoms with Crippen LogP contribution in [0.4, 0.5) is 5.69 Å². The van der Waals surface area contributed by atoms with Gasteiger partial charge in [-0.05, 0) is 66.3 Å². The van der Waals surface area contributed by atoms with E-state index in [9.17, 15) is 20.3 Å². The predicted molar refractivity (Wildman–Crippen MR) is 129 cm³/mol. The summed E-state index contributed by atoms with van der Waals surface area (Å²) in [5, 5.41) is 39.0. The summed E-state index contributed by atoms with van der Waals surface area (Å²) in [5.41, 5.74) is 1.95. The monoisotopic (exact) mass is 454 g/mol. The normalized spacial score (nSPS) is 18.9. The minimum atomic E-state index is -1.31. The number of hydrogen-bond donors (Lipinski definition) is 3. The average Bonchev–Trinajstić information content (AvgIpc) is 2.84. The van der Waals surface area contributed by atoms with Crippen molar-refractivity contribution in [2.45, 2.75) is 50.9 Å². The lowest BCUT2D eigenvalue weighted by molar-refractivity contribution is -0.107. The number of aliphatic hydroxyl groups excluding tert-OH is 3. The van der Waals surface area contributed by atoms with Crippen molar-refractivity contribution in [3.8, 4) is 6.07 Å². The van der Waals surface area contributed by atoms with Gasteiger partial charge in [-0.2, -0.15) is 5.26 Å². The Morgan fingerprint density at radius 2 is 1.97 bits per heavy atom. The lowest BCUT2D eigenvalue weighted by Crippen LogP contribution is -2.39. The van der Waals surface area contributed by atoms with E-state index in [1.165, 1.54) is 31.0 Å². The number of thioether (sulfide) groups is 1. The molecule has 1 aliphatic heterocycles. The first-order valence-corrected chi connectivity index (χ1v) is 12.0. The zero-order valence-electron chi connectivity index (χ0n) is 18.3. The van der Waals surface area contributed by atoms with Crippen molar-refractivity contribution < 1.29 is 20.1 Å². The zero-order chi connectivity index (χ0) is 23.1. The Hall–Kier alpha value is -2.37. The van der Waals surface area contributed by atoms with Gasteiger partial charge in [0.15, 0.2) is 0 Å². The van der Waals surface area contributed by atoms with E-state index in [0.717, 1.165) is 41.1 Å². The Morgan fingerprint density at radius 1 is 1.22 bits per heavy atom. The van der Waals surface area contributed by atoms with E-state index in [0.29, 0.717) is 6.04 Å². The van der Waals surface area contributed by atoms with Crippen LogP contribution in [-0.4, -0.2) is 57.6 Å². The second-order valence-corrected chi connectivity index (χ2v) is 9.12. The fourth-order valence-electron chi connectivity index (χ4n) is 4.06. The summed E-state index contributed by atoms with van der Waals surface area (Å²) in [4.78, 5) is 14.9. The van der Waals surface area contributed by atoms with Gasteiger partial charge in [0.2, 0.25) is 5.12 Å². The molecule has 0 saturated carbocycles. The molecule has 0 aliphatic carbocycles. The van der Waals surface area contributed by atoms with Gasteiger partial charge in [-0.25, -0.2) is 0 Å². The molecule has 0 radical (unpaired) electrons. The summed E-state index contributed by atoms with van der Waals surface area (Å²) in [6.07, 6.45) is 3.87. The molecule has 3 N–H and O–H groups in total. The number of anilines is 1. The number of rotatable bonds is 8. The van der Waals surface area contributed by atoms with Crippen LogP contribution in [-0.2, 0) is 4.79 Å². The molecular formula is C25H30N2O4S. The van der Waals surface area contributed by atoms with E-state index < -0.39 is 23.9 Å². The third-order valence-electron chi connectivity index (χ3n) is 5.95. The van der Waals surface area contributed by atoms with Crippen LogP contribution in [0.5, 0.6) is 0 Å². The van der Waals surface area contributed by atoms with Crippen molar-refractivity contribution in [3.63, 3.8) is 0 Å². The third kappa shape index (κ3) is 5.90. The SMILES string of the molecule is CCC1CCCCN1c1ccc2cc(/C=C(\C#N)C(=O)SCC(O)C(O)CO)ccc2c1. The van der Waals surface area contributed by atoms with Crippen molar-refractivity contribution in [1.82, 2.24) is 0 Å². The van der Waals surface area contributed by atoms with E-state index in [4.69, 9.17) is 5.11 Å². The Labute approximate surface area is 193 Å². The van der Waals surface area contributed by atoms with Crippen LogP contribution in [0.1, 0.15) is 38.2 Å². The topological polar surface area (TPSA) is 105 Å². The minimum absolute atomic E-state index is 0.0317. The molecule has 3 rings (SSSR count). The van der Waals surface area contributed by atoms with Crippen molar-refractivity contribution >= 4 is 39.4 Å². The smallest absolute Gasteiger partial charge is 0.230 e. The maximum atomic E-state index is 12.3. The van der Waals surface area contributed by atoms with Crippen LogP contribution < -0.4 is 4.90 Å². The van der Waals surface area contributed by atoms with E-state index in [1.807, 2.05) is 24.3 Å². The summed E-state index contributed by atoms with van der Waals surface area (Å²) in [5.74, 6) is -0.102. The standard InChI is InChI=1S/C25H30N2O4S/c1-2-21-5-3-4-10-27(21)22-9-8-18-11-17(6-7-19(18)13-22)12-20(14-26)25(31)32-16-24(30)23(29)15-28/h6-9,11-13,21,23-24,28-30H,2-5,10,15-16H2,1H3/b20-12+. The van der Waals surface area contributed by atoms with Crippen LogP contribution in [0.25, 0.3) is 16.8 Å². The number of aliphatic hydroxyl groups is 3. The first kappa shape index (κ1) is 24.3. The number of carbonyl (C=O) groups is 1. The maximum absolute atomic E-state index is 12.3. The number of hydrogen-bond acceptors (Lipinski definition) is 7. The predicted octanol–water partition coefficient (Wildman–Crippen LogP) is 3.49. The highest BCUT2D eigenvalue weighted by Crippen LogP contribution is 2.30.